The summed E-state index contributed by atoms with van der Waals surface area (Å²) in [7, 11) is 0. The molecule has 0 aromatic carbocycles. The van der Waals surface area contributed by atoms with Crippen molar-refractivity contribution < 1.29 is 4.92 Å². The van der Waals surface area contributed by atoms with Crippen molar-refractivity contribution in [3.63, 3.8) is 0 Å². The van der Waals surface area contributed by atoms with Gasteiger partial charge < -0.3 is 10.1 Å². The zero-order valence-corrected chi connectivity index (χ0v) is 8.15. The number of hydrogen-bond donors (Lipinski definition) is 1. The lowest BCUT2D eigenvalue weighted by molar-refractivity contribution is -0.389. The topological polar surface area (TPSA) is 61.0 Å². The van der Waals surface area contributed by atoms with E-state index in [1.807, 2.05) is 6.92 Å². The Kier molecular flexibility index (Phi) is 3.30. The van der Waals surface area contributed by atoms with Crippen LogP contribution in [0.1, 0.15) is 6.92 Å². The van der Waals surface area contributed by atoms with Crippen LogP contribution < -0.4 is 0 Å². The predicted molar refractivity (Wildman–Crippen MR) is 51.9 cm³/mol. The summed E-state index contributed by atoms with van der Waals surface area (Å²) in [6.07, 6.45) is 1.61. The van der Waals surface area contributed by atoms with Gasteiger partial charge in [-0.25, -0.2) is 0 Å². The van der Waals surface area contributed by atoms with Gasteiger partial charge in [-0.2, -0.15) is 17.3 Å². The van der Waals surface area contributed by atoms with Crippen LogP contribution in [0.3, 0.4) is 0 Å². The van der Waals surface area contributed by atoms with Crippen molar-refractivity contribution in [1.82, 2.24) is 9.78 Å². The number of nitro groups is 1. The van der Waals surface area contributed by atoms with Gasteiger partial charge in [-0.15, -0.1) is 0 Å². The van der Waals surface area contributed by atoms with Gasteiger partial charge in [0, 0.05) is 0 Å². The Morgan fingerprint density at radius 2 is 2.54 bits per heavy atom. The number of thiol groups is 1. The first-order chi connectivity index (χ1) is 6.13. The summed E-state index contributed by atoms with van der Waals surface area (Å²) < 4.78 is 1.57. The van der Waals surface area contributed by atoms with Crippen molar-refractivity contribution in [3.05, 3.63) is 22.4 Å². The summed E-state index contributed by atoms with van der Waals surface area (Å²) in [5, 5.41) is 14.1. The van der Waals surface area contributed by atoms with Crippen molar-refractivity contribution >= 4 is 18.4 Å². The number of hydrogen-bond acceptors (Lipinski definition) is 4. The second kappa shape index (κ2) is 4.27. The predicted octanol–water partition coefficient (Wildman–Crippen LogP) is 1.36. The summed E-state index contributed by atoms with van der Waals surface area (Å²) in [5.41, 5.74) is 0. The van der Waals surface area contributed by atoms with Gasteiger partial charge in [-0.1, -0.05) is 6.92 Å². The molecule has 0 bridgehead atoms. The van der Waals surface area contributed by atoms with Gasteiger partial charge >= 0.3 is 5.82 Å². The normalized spacial score (nSPS) is 12.8. The highest BCUT2D eigenvalue weighted by molar-refractivity contribution is 7.80. The third-order valence-corrected chi connectivity index (χ3v) is 2.25. The van der Waals surface area contributed by atoms with Crippen LogP contribution in [-0.2, 0) is 6.54 Å². The summed E-state index contributed by atoms with van der Waals surface area (Å²) in [5.74, 6) is 1.00. The average Bonchev–Trinajstić information content (AvgIpc) is 2.52. The number of nitrogens with zero attached hydrogens (tertiary/aromatic N) is 3. The minimum Gasteiger partial charge on any atom is -0.358 e. The van der Waals surface area contributed by atoms with Crippen LogP contribution in [0.25, 0.3) is 0 Å². The second-order valence-electron chi connectivity index (χ2n) is 2.94. The lowest BCUT2D eigenvalue weighted by atomic mass is 10.2. The summed E-state index contributed by atoms with van der Waals surface area (Å²) in [6.45, 7) is 2.68. The lowest BCUT2D eigenvalue weighted by Crippen LogP contribution is -2.09. The van der Waals surface area contributed by atoms with Gasteiger partial charge in [0.1, 0.15) is 0 Å². The highest BCUT2D eigenvalue weighted by Gasteiger charge is 2.11. The van der Waals surface area contributed by atoms with E-state index < -0.39 is 4.92 Å². The van der Waals surface area contributed by atoms with Crippen molar-refractivity contribution in [2.75, 3.05) is 5.75 Å². The molecule has 13 heavy (non-hydrogen) atoms. The number of aromatic nitrogens is 2. The van der Waals surface area contributed by atoms with E-state index in [9.17, 15) is 10.1 Å². The molecule has 1 heterocycles. The van der Waals surface area contributed by atoms with E-state index >= 15 is 0 Å². The largest absolute Gasteiger partial charge is 0.389 e. The Labute approximate surface area is 81.3 Å². The molecule has 0 N–H and O–H groups in total. The molecule has 0 saturated carbocycles. The monoisotopic (exact) mass is 201 g/mol. The van der Waals surface area contributed by atoms with E-state index in [1.165, 1.54) is 6.07 Å². The molecule has 0 saturated heterocycles. The smallest absolute Gasteiger partial charge is 0.358 e. The van der Waals surface area contributed by atoms with Gasteiger partial charge in [-0.3, -0.25) is 0 Å². The van der Waals surface area contributed by atoms with Gasteiger partial charge in [0.25, 0.3) is 0 Å². The van der Waals surface area contributed by atoms with E-state index in [0.717, 1.165) is 5.75 Å². The van der Waals surface area contributed by atoms with Crippen molar-refractivity contribution in [2.24, 2.45) is 5.92 Å². The van der Waals surface area contributed by atoms with Gasteiger partial charge in [0.2, 0.25) is 0 Å². The van der Waals surface area contributed by atoms with Crippen LogP contribution in [0.15, 0.2) is 12.3 Å². The molecular weight excluding hydrogens is 190 g/mol. The molecule has 0 amide bonds. The van der Waals surface area contributed by atoms with Crippen molar-refractivity contribution in [2.45, 2.75) is 13.5 Å². The molecule has 0 aliphatic heterocycles. The fourth-order valence-corrected chi connectivity index (χ4v) is 1.04. The van der Waals surface area contributed by atoms with Crippen LogP contribution in [0.5, 0.6) is 0 Å². The molecule has 0 fully saturated rings. The summed E-state index contributed by atoms with van der Waals surface area (Å²) in [6, 6.07) is 1.39. The van der Waals surface area contributed by atoms with E-state index in [2.05, 4.69) is 17.7 Å². The summed E-state index contributed by atoms with van der Waals surface area (Å²) >= 11 is 4.12. The molecular formula is C7H11N3O2S. The molecule has 1 atom stereocenters. The molecule has 0 spiro atoms. The van der Waals surface area contributed by atoms with Crippen LogP contribution in [0.2, 0.25) is 0 Å². The Morgan fingerprint density at radius 3 is 3.00 bits per heavy atom. The average molecular weight is 201 g/mol. The number of rotatable bonds is 4. The first-order valence-electron chi connectivity index (χ1n) is 3.92. The molecule has 1 rings (SSSR count). The fourth-order valence-electron chi connectivity index (χ4n) is 0.927. The second-order valence-corrected chi connectivity index (χ2v) is 3.31. The molecule has 72 valence electrons. The Bertz CT molecular complexity index is 300. The van der Waals surface area contributed by atoms with E-state index in [1.54, 1.807) is 10.9 Å². The van der Waals surface area contributed by atoms with Gasteiger partial charge in [0.15, 0.2) is 0 Å². The summed E-state index contributed by atoms with van der Waals surface area (Å²) in [4.78, 5) is 9.79. The Morgan fingerprint density at radius 1 is 1.85 bits per heavy atom. The molecule has 0 aliphatic carbocycles. The standard InChI is InChI=1S/C7H11N3O2S/c1-6(5-13)4-9-3-2-7(8-9)10(11)12/h2-3,6,13H,4-5H2,1H3. The maximum Gasteiger partial charge on any atom is 0.389 e. The molecule has 5 nitrogen and oxygen atoms in total. The van der Waals surface area contributed by atoms with Crippen LogP contribution >= 0.6 is 12.6 Å². The highest BCUT2D eigenvalue weighted by atomic mass is 32.1. The van der Waals surface area contributed by atoms with Crippen LogP contribution in [0, 0.1) is 16.0 Å². The van der Waals surface area contributed by atoms with Crippen molar-refractivity contribution in [1.29, 1.82) is 0 Å². The Hall–Kier alpha value is -1.04. The first-order valence-corrected chi connectivity index (χ1v) is 4.55. The fraction of sp³-hybridized carbons (Fsp3) is 0.571. The molecule has 1 unspecified atom stereocenters. The first kappa shape index (κ1) is 10.0. The molecule has 1 aromatic rings. The van der Waals surface area contributed by atoms with Gasteiger partial charge in [0.05, 0.1) is 23.9 Å². The quantitative estimate of drug-likeness (QED) is 0.454. The van der Waals surface area contributed by atoms with Crippen LogP contribution in [0.4, 0.5) is 5.82 Å². The molecule has 6 heteroatoms. The van der Waals surface area contributed by atoms with E-state index in [-0.39, 0.29) is 5.82 Å². The zero-order valence-electron chi connectivity index (χ0n) is 7.25. The molecule has 1 aromatic heterocycles. The van der Waals surface area contributed by atoms with Gasteiger partial charge in [-0.05, 0) is 16.6 Å². The zero-order chi connectivity index (χ0) is 9.84. The SMILES string of the molecule is CC(CS)Cn1ccc([N+](=O)[O-])n1. The maximum atomic E-state index is 10.3. The third-order valence-electron chi connectivity index (χ3n) is 1.62. The van der Waals surface area contributed by atoms with E-state index in [4.69, 9.17) is 0 Å². The Balaban J connectivity index is 2.64. The highest BCUT2D eigenvalue weighted by Crippen LogP contribution is 2.08. The minimum atomic E-state index is -0.498. The van der Waals surface area contributed by atoms with E-state index in [0.29, 0.717) is 12.5 Å². The lowest BCUT2D eigenvalue weighted by Gasteiger charge is -2.03. The van der Waals surface area contributed by atoms with Crippen LogP contribution in [-0.4, -0.2) is 20.5 Å². The third kappa shape index (κ3) is 2.73. The maximum absolute atomic E-state index is 10.3. The molecule has 0 aliphatic rings. The van der Waals surface area contributed by atoms with Crippen molar-refractivity contribution in [3.8, 4) is 0 Å². The minimum absolute atomic E-state index is 0.105. The molecule has 0 radical (unpaired) electrons.